The van der Waals surface area contributed by atoms with Crippen molar-refractivity contribution in [3.05, 3.63) is 223 Å². The van der Waals surface area contributed by atoms with Crippen LogP contribution < -0.4 is 14.5 Å². The molecule has 322 valence electrons. The van der Waals surface area contributed by atoms with E-state index in [0.29, 0.717) is 11.5 Å². The van der Waals surface area contributed by atoms with Crippen LogP contribution in [0.25, 0.3) is 27.6 Å². The third-order valence-corrected chi connectivity index (χ3v) is 12.9. The number of rotatable bonds is 9. The first-order valence-electron chi connectivity index (χ1n) is 21.8. The van der Waals surface area contributed by atoms with Gasteiger partial charge in [0.25, 0.3) is 0 Å². The van der Waals surface area contributed by atoms with E-state index >= 15 is 0 Å². The van der Waals surface area contributed by atoms with Gasteiger partial charge in [-0.1, -0.05) is 157 Å². The van der Waals surface area contributed by atoms with Crippen LogP contribution in [-0.4, -0.2) is 9.55 Å². The first-order chi connectivity index (χ1) is 30.4. The van der Waals surface area contributed by atoms with Gasteiger partial charge in [0.05, 0.1) is 0 Å². The van der Waals surface area contributed by atoms with Crippen molar-refractivity contribution in [1.82, 2.24) is 9.55 Å². The summed E-state index contributed by atoms with van der Waals surface area (Å²) in [7, 11) is 0. The summed E-state index contributed by atoms with van der Waals surface area (Å²) < 4.78 is 9.11. The van der Waals surface area contributed by atoms with Crippen molar-refractivity contribution in [3.8, 4) is 17.3 Å². The summed E-state index contributed by atoms with van der Waals surface area (Å²) in [4.78, 5) is 9.38. The van der Waals surface area contributed by atoms with E-state index in [9.17, 15) is 0 Å². The fourth-order valence-electron chi connectivity index (χ4n) is 8.96. The van der Waals surface area contributed by atoms with Crippen LogP contribution in [-0.2, 0) is 37.3 Å². The maximum Gasteiger partial charge on any atom is 0.135 e. The van der Waals surface area contributed by atoms with E-state index in [-0.39, 0.29) is 37.3 Å². The van der Waals surface area contributed by atoms with Gasteiger partial charge < -0.3 is 19.1 Å². The largest absolute Gasteiger partial charge is 0.509 e. The molecule has 64 heavy (non-hydrogen) atoms. The van der Waals surface area contributed by atoms with Gasteiger partial charge in [-0.25, -0.2) is 4.98 Å². The minimum absolute atomic E-state index is 0. The van der Waals surface area contributed by atoms with E-state index in [1.165, 1.54) is 22.3 Å². The Labute approximate surface area is 392 Å². The van der Waals surface area contributed by atoms with Gasteiger partial charge >= 0.3 is 0 Å². The second kappa shape index (κ2) is 16.6. The second-order valence-electron chi connectivity index (χ2n) is 18.7. The van der Waals surface area contributed by atoms with Crippen LogP contribution in [0.2, 0.25) is 0 Å². The summed E-state index contributed by atoms with van der Waals surface area (Å²) in [5.74, 6) is 2.06. The summed E-state index contributed by atoms with van der Waals surface area (Å²) in [5.41, 5.74) is 11.6. The number of anilines is 4. The summed E-state index contributed by atoms with van der Waals surface area (Å²) in [6.45, 7) is 18.0. The predicted octanol–water partition coefficient (Wildman–Crippen LogP) is 14.9. The van der Waals surface area contributed by atoms with Gasteiger partial charge in [0.1, 0.15) is 5.82 Å². The van der Waals surface area contributed by atoms with E-state index in [1.807, 2.05) is 12.3 Å². The van der Waals surface area contributed by atoms with Crippen molar-refractivity contribution in [2.45, 2.75) is 64.7 Å². The van der Waals surface area contributed by atoms with E-state index in [0.717, 1.165) is 55.9 Å². The monoisotopic (exact) mass is 1010 g/mol. The summed E-state index contributed by atoms with van der Waals surface area (Å²) in [6, 6.07) is 67.6. The van der Waals surface area contributed by atoms with Crippen molar-refractivity contribution in [3.63, 3.8) is 0 Å². The molecule has 5 nitrogen and oxygen atoms in total. The molecule has 0 atom stereocenters. The molecule has 0 spiro atoms. The fourth-order valence-corrected chi connectivity index (χ4v) is 8.96. The van der Waals surface area contributed by atoms with E-state index in [2.05, 4.69) is 245 Å². The van der Waals surface area contributed by atoms with Crippen molar-refractivity contribution in [1.29, 1.82) is 0 Å². The zero-order chi connectivity index (χ0) is 43.5. The van der Waals surface area contributed by atoms with Crippen LogP contribution >= 0.6 is 0 Å². The van der Waals surface area contributed by atoms with Crippen molar-refractivity contribution < 1.29 is 25.8 Å². The van der Waals surface area contributed by atoms with Gasteiger partial charge in [-0.05, 0) is 80.9 Å². The Morgan fingerprint density at radius 2 is 1.09 bits per heavy atom. The van der Waals surface area contributed by atoms with Crippen LogP contribution in [0.15, 0.2) is 176 Å². The Hall–Kier alpha value is -6.42. The SMILES string of the molecule is CC(C)(C)c1ccnc(-n2c3[c-]c(Oc4[c-]c(N5[CH-]N(c6ccc(C(C)(C)c7ccccc7)cc6)c6ccccc65)cc(C(C)(C)c5ccccc5)c4)ccc3c3ccccc32)c1.[Pt]. The Kier molecular flexibility index (Phi) is 11.1. The number of fused-ring (bicyclic) bond motifs is 4. The van der Waals surface area contributed by atoms with E-state index < -0.39 is 0 Å². The molecule has 0 aliphatic carbocycles. The standard InChI is InChI=1S/C58H51N4O.Pt/c1-56(2,3)43-32-33-59-55(36-43)62-51-23-15-14-22-49(51)50-31-30-47(38-54(50)62)63-48-35-44(58(6,7)41-20-12-9-13-21-41)34-46(37-48)61-39-60(52-24-16-17-25-53(52)61)45-28-26-42(27-29-45)57(4,5)40-18-10-8-11-19-40;/h8-36,39H,1-7H3;/q-3;. The Balaban J connectivity index is 0.00000518. The molecule has 2 aromatic heterocycles. The number of para-hydroxylation sites is 3. The number of hydrogen-bond donors (Lipinski definition) is 0. The number of aromatic nitrogens is 2. The molecule has 0 bridgehead atoms. The molecule has 0 unspecified atom stereocenters. The predicted molar refractivity (Wildman–Crippen MR) is 260 cm³/mol. The average Bonchev–Trinajstić information content (AvgIpc) is 3.85. The second-order valence-corrected chi connectivity index (χ2v) is 18.7. The normalized spacial score (nSPS) is 13.0. The zero-order valence-electron chi connectivity index (χ0n) is 37.3. The van der Waals surface area contributed by atoms with Crippen LogP contribution in [0.3, 0.4) is 0 Å². The Morgan fingerprint density at radius 3 is 1.77 bits per heavy atom. The average molecular weight is 1020 g/mol. The maximum atomic E-state index is 6.91. The Morgan fingerprint density at radius 1 is 0.500 bits per heavy atom. The minimum Gasteiger partial charge on any atom is -0.509 e. The molecule has 9 aromatic rings. The molecule has 0 saturated carbocycles. The van der Waals surface area contributed by atoms with Gasteiger partial charge in [0.15, 0.2) is 0 Å². The molecule has 1 aliphatic rings. The van der Waals surface area contributed by atoms with Crippen LogP contribution in [0, 0.1) is 18.8 Å². The first-order valence-corrected chi connectivity index (χ1v) is 21.8. The molecular weight excluding hydrogens is 964 g/mol. The smallest absolute Gasteiger partial charge is 0.135 e. The van der Waals surface area contributed by atoms with Gasteiger partial charge in [0, 0.05) is 66.8 Å². The number of pyridine rings is 1. The van der Waals surface area contributed by atoms with Crippen LogP contribution in [0.1, 0.15) is 76.3 Å². The third kappa shape index (κ3) is 7.71. The van der Waals surface area contributed by atoms with Crippen molar-refractivity contribution in [2.24, 2.45) is 0 Å². The van der Waals surface area contributed by atoms with Gasteiger partial charge in [-0.2, -0.15) is 6.07 Å². The summed E-state index contributed by atoms with van der Waals surface area (Å²) in [5, 5.41) is 2.23. The minimum atomic E-state index is -0.354. The zero-order valence-corrected chi connectivity index (χ0v) is 39.6. The molecule has 6 heteroatoms. The number of nitrogens with zero attached hydrogens (tertiary/aromatic N) is 4. The topological polar surface area (TPSA) is 33.5 Å². The number of benzene rings is 7. The van der Waals surface area contributed by atoms with Crippen LogP contribution in [0.5, 0.6) is 11.5 Å². The van der Waals surface area contributed by atoms with Gasteiger partial charge in [-0.3, -0.25) is 0 Å². The van der Waals surface area contributed by atoms with Gasteiger partial charge in [0.2, 0.25) is 0 Å². The Bertz CT molecular complexity index is 3110. The summed E-state index contributed by atoms with van der Waals surface area (Å²) >= 11 is 0. The molecule has 10 rings (SSSR count). The molecule has 0 radical (unpaired) electrons. The van der Waals surface area contributed by atoms with Crippen molar-refractivity contribution >= 4 is 44.6 Å². The van der Waals surface area contributed by atoms with Gasteiger partial charge in [-0.15, -0.1) is 53.6 Å². The molecule has 0 N–H and O–H groups in total. The molecule has 0 fully saturated rings. The molecular formula is C58H51N4OPt-3. The maximum absolute atomic E-state index is 6.91. The number of ether oxygens (including phenoxy) is 1. The van der Waals surface area contributed by atoms with Crippen LogP contribution in [0.4, 0.5) is 22.7 Å². The number of hydrogen-bond acceptors (Lipinski definition) is 4. The van der Waals surface area contributed by atoms with E-state index in [4.69, 9.17) is 9.72 Å². The molecule has 0 saturated heterocycles. The first kappa shape index (κ1) is 42.9. The molecule has 3 heterocycles. The van der Waals surface area contributed by atoms with E-state index in [1.54, 1.807) is 0 Å². The quantitative estimate of drug-likeness (QED) is 0.135. The molecule has 7 aromatic carbocycles. The molecule has 1 aliphatic heterocycles. The third-order valence-electron chi connectivity index (χ3n) is 12.9. The molecule has 0 amide bonds. The van der Waals surface area contributed by atoms with Crippen molar-refractivity contribution in [2.75, 3.05) is 9.80 Å². The fraction of sp³-hybridized carbons (Fsp3) is 0.172. The summed E-state index contributed by atoms with van der Waals surface area (Å²) in [6.07, 6.45) is 1.91.